The maximum Gasteiger partial charge on any atom is 0.315 e. The topological polar surface area (TPSA) is 101 Å². The van der Waals surface area contributed by atoms with Crippen LogP contribution in [0.1, 0.15) is 26.0 Å². The molecular weight excluding hydrogens is 401 g/mol. The summed E-state index contributed by atoms with van der Waals surface area (Å²) in [5.74, 6) is 0.175. The highest BCUT2D eigenvalue weighted by atomic mass is 19.1. The lowest BCUT2D eigenvalue weighted by Gasteiger charge is -2.37. The zero-order chi connectivity index (χ0) is 21.8. The van der Waals surface area contributed by atoms with Crippen molar-refractivity contribution < 1.29 is 18.7 Å². The van der Waals surface area contributed by atoms with Gasteiger partial charge in [0.05, 0.1) is 30.1 Å². The van der Waals surface area contributed by atoms with Crippen molar-refractivity contribution in [1.82, 2.24) is 25.6 Å². The molecule has 1 aliphatic heterocycles. The second kappa shape index (κ2) is 8.83. The predicted octanol–water partition coefficient (Wildman–Crippen LogP) is 3.40. The lowest BCUT2D eigenvalue weighted by Crippen LogP contribution is -2.58. The van der Waals surface area contributed by atoms with Crippen molar-refractivity contribution in [1.29, 1.82) is 0 Å². The lowest BCUT2D eigenvalue weighted by atomic mass is 10.1. The van der Waals surface area contributed by atoms with Gasteiger partial charge in [-0.3, -0.25) is 4.98 Å². The van der Waals surface area contributed by atoms with Gasteiger partial charge < -0.3 is 25.1 Å². The molecule has 4 rings (SSSR count). The number of carbonyl (C=O) groups excluding carboxylic acids is 1. The van der Waals surface area contributed by atoms with E-state index in [2.05, 4.69) is 20.6 Å². The smallest absolute Gasteiger partial charge is 0.315 e. The van der Waals surface area contributed by atoms with Gasteiger partial charge in [0.1, 0.15) is 5.82 Å². The van der Waals surface area contributed by atoms with Gasteiger partial charge in [-0.25, -0.2) is 14.2 Å². The van der Waals surface area contributed by atoms with Crippen LogP contribution in [0.4, 0.5) is 9.18 Å². The predicted molar refractivity (Wildman–Crippen MR) is 112 cm³/mol. The number of aromatic amines is 1. The number of nitrogens with zero attached hydrogens (tertiary/aromatic N) is 2. The van der Waals surface area contributed by atoms with Crippen LogP contribution in [0.5, 0.6) is 0 Å². The Kier molecular flexibility index (Phi) is 5.97. The molecule has 2 aromatic heterocycles. The minimum atomic E-state index is -0.723. The second-order valence-corrected chi connectivity index (χ2v) is 7.59. The first-order valence-electron chi connectivity index (χ1n) is 10.0. The highest BCUT2D eigenvalue weighted by Crippen LogP contribution is 2.34. The molecule has 162 valence electrons. The van der Waals surface area contributed by atoms with Crippen molar-refractivity contribution in [2.75, 3.05) is 19.8 Å². The van der Waals surface area contributed by atoms with Crippen LogP contribution in [0.2, 0.25) is 0 Å². The Balaban J connectivity index is 1.58. The summed E-state index contributed by atoms with van der Waals surface area (Å²) in [5.41, 5.74) is 2.39. The van der Waals surface area contributed by atoms with E-state index in [4.69, 9.17) is 14.5 Å². The summed E-state index contributed by atoms with van der Waals surface area (Å²) in [4.78, 5) is 23.9. The average Bonchev–Trinajstić information content (AvgIpc) is 3.21. The summed E-state index contributed by atoms with van der Waals surface area (Å²) < 4.78 is 25.2. The highest BCUT2D eigenvalue weighted by Gasteiger charge is 2.36. The van der Waals surface area contributed by atoms with Crippen molar-refractivity contribution in [3.05, 3.63) is 60.4 Å². The van der Waals surface area contributed by atoms with Crippen molar-refractivity contribution in [3.8, 4) is 22.5 Å². The summed E-state index contributed by atoms with van der Waals surface area (Å²) >= 11 is 0. The number of rotatable bonds is 5. The van der Waals surface area contributed by atoms with Gasteiger partial charge >= 0.3 is 6.03 Å². The molecule has 1 fully saturated rings. The van der Waals surface area contributed by atoms with Gasteiger partial charge in [-0.15, -0.1) is 0 Å². The molecule has 3 N–H and O–H groups in total. The number of carbonyl (C=O) groups is 1. The summed E-state index contributed by atoms with van der Waals surface area (Å²) in [6, 6.07) is 9.59. The number of amides is 2. The van der Waals surface area contributed by atoms with Crippen molar-refractivity contribution >= 4 is 6.03 Å². The van der Waals surface area contributed by atoms with Crippen LogP contribution >= 0.6 is 0 Å². The van der Waals surface area contributed by atoms with E-state index in [1.54, 1.807) is 24.5 Å². The van der Waals surface area contributed by atoms with Crippen LogP contribution in [0.3, 0.4) is 0 Å². The van der Waals surface area contributed by atoms with Crippen LogP contribution in [-0.2, 0) is 9.47 Å². The summed E-state index contributed by atoms with van der Waals surface area (Å²) in [6.45, 7) is 4.75. The fourth-order valence-corrected chi connectivity index (χ4v) is 3.37. The van der Waals surface area contributed by atoms with Gasteiger partial charge in [-0.05, 0) is 50.2 Å². The minimum absolute atomic E-state index is 0.256. The first kappa shape index (κ1) is 21.0. The molecule has 3 heterocycles. The van der Waals surface area contributed by atoms with E-state index in [-0.39, 0.29) is 25.1 Å². The van der Waals surface area contributed by atoms with E-state index in [0.717, 1.165) is 16.8 Å². The Morgan fingerprint density at radius 3 is 2.48 bits per heavy atom. The molecular formula is C22H24FN5O3. The SMILES string of the molecule is CCNC(=O)NC1(C)COC(c2nc(-c3ccc(F)cc3)c(-c3ccncc3)[nH]2)OC1. The van der Waals surface area contributed by atoms with Gasteiger partial charge in [0.15, 0.2) is 5.82 Å². The molecule has 0 bridgehead atoms. The Hall–Kier alpha value is -3.30. The standard InChI is InChI=1S/C22H24FN5O3/c1-3-25-21(29)28-22(2)12-30-20(31-13-22)19-26-17(14-4-6-16(23)7-5-14)18(27-19)15-8-10-24-11-9-15/h4-11,20H,3,12-13H2,1-2H3,(H,26,27)(H2,25,28,29). The number of hydrogen-bond donors (Lipinski definition) is 3. The van der Waals surface area contributed by atoms with Gasteiger partial charge in [0, 0.05) is 30.1 Å². The number of imidazole rings is 1. The van der Waals surface area contributed by atoms with Crippen LogP contribution in [0.25, 0.3) is 22.5 Å². The molecule has 31 heavy (non-hydrogen) atoms. The number of aromatic nitrogens is 3. The quantitative estimate of drug-likeness (QED) is 0.582. The highest BCUT2D eigenvalue weighted by molar-refractivity contribution is 5.78. The number of halogens is 1. The zero-order valence-corrected chi connectivity index (χ0v) is 17.3. The molecule has 0 radical (unpaired) electrons. The number of pyridine rings is 1. The largest absolute Gasteiger partial charge is 0.343 e. The number of benzene rings is 1. The normalized spacial score (nSPS) is 20.9. The van der Waals surface area contributed by atoms with E-state index >= 15 is 0 Å². The Morgan fingerprint density at radius 2 is 1.84 bits per heavy atom. The maximum atomic E-state index is 13.4. The van der Waals surface area contributed by atoms with Crippen molar-refractivity contribution in [3.63, 3.8) is 0 Å². The van der Waals surface area contributed by atoms with Crippen LogP contribution in [0, 0.1) is 5.82 Å². The summed E-state index contributed by atoms with van der Waals surface area (Å²) in [7, 11) is 0. The first-order chi connectivity index (χ1) is 15.0. The van der Waals surface area contributed by atoms with E-state index in [9.17, 15) is 9.18 Å². The fraction of sp³-hybridized carbons (Fsp3) is 0.318. The Labute approximate surface area is 179 Å². The van der Waals surface area contributed by atoms with E-state index in [1.807, 2.05) is 26.0 Å². The second-order valence-electron chi connectivity index (χ2n) is 7.59. The van der Waals surface area contributed by atoms with Gasteiger partial charge in [-0.1, -0.05) is 0 Å². The van der Waals surface area contributed by atoms with Crippen LogP contribution in [-0.4, -0.2) is 46.3 Å². The number of nitrogens with one attached hydrogen (secondary N) is 3. The summed E-state index contributed by atoms with van der Waals surface area (Å²) in [5, 5.41) is 5.57. The third-order valence-electron chi connectivity index (χ3n) is 4.89. The van der Waals surface area contributed by atoms with E-state index in [1.165, 1.54) is 12.1 Å². The summed E-state index contributed by atoms with van der Waals surface area (Å²) in [6.07, 6.45) is 2.66. The number of urea groups is 1. The molecule has 0 atom stereocenters. The molecule has 2 amide bonds. The molecule has 0 unspecified atom stereocenters. The first-order valence-corrected chi connectivity index (χ1v) is 10.0. The van der Waals surface area contributed by atoms with Crippen LogP contribution in [0.15, 0.2) is 48.8 Å². The fourth-order valence-electron chi connectivity index (χ4n) is 3.37. The lowest BCUT2D eigenvalue weighted by molar-refractivity contribution is -0.215. The number of H-pyrrole nitrogens is 1. The molecule has 0 saturated carbocycles. The van der Waals surface area contributed by atoms with Crippen molar-refractivity contribution in [2.45, 2.75) is 25.7 Å². The zero-order valence-electron chi connectivity index (χ0n) is 17.3. The molecule has 0 spiro atoms. The van der Waals surface area contributed by atoms with Crippen molar-refractivity contribution in [2.24, 2.45) is 0 Å². The van der Waals surface area contributed by atoms with E-state index in [0.29, 0.717) is 18.1 Å². The molecule has 3 aromatic rings. The van der Waals surface area contributed by atoms with Gasteiger partial charge in [-0.2, -0.15) is 0 Å². The Bertz CT molecular complexity index is 1030. The number of ether oxygens (including phenoxy) is 2. The average molecular weight is 425 g/mol. The van der Waals surface area contributed by atoms with Gasteiger partial charge in [0.2, 0.25) is 6.29 Å². The molecule has 1 aliphatic rings. The minimum Gasteiger partial charge on any atom is -0.343 e. The molecule has 1 saturated heterocycles. The van der Waals surface area contributed by atoms with Crippen LogP contribution < -0.4 is 10.6 Å². The molecule has 8 nitrogen and oxygen atoms in total. The molecule has 0 aliphatic carbocycles. The van der Waals surface area contributed by atoms with Gasteiger partial charge in [0.25, 0.3) is 0 Å². The third kappa shape index (κ3) is 4.73. The maximum absolute atomic E-state index is 13.4. The van der Waals surface area contributed by atoms with E-state index < -0.39 is 11.8 Å². The third-order valence-corrected chi connectivity index (χ3v) is 4.89. The molecule has 1 aromatic carbocycles. The monoisotopic (exact) mass is 425 g/mol. The Morgan fingerprint density at radius 1 is 1.16 bits per heavy atom. The molecule has 9 heteroatoms. The number of hydrogen-bond acceptors (Lipinski definition) is 5.